The smallest absolute Gasteiger partial charge is 0.133 e. The van der Waals surface area contributed by atoms with Crippen molar-refractivity contribution in [1.82, 2.24) is 14.7 Å². The standard InChI is InChI=1S/C15H15N3O/c1-3-8-18-14-7-5-4-6-13(14)16-15(18)10-12-9-11(2)19-17-12/h3-7,9H,1,8,10H2,2H3. The molecule has 4 heteroatoms. The second-order valence-electron chi connectivity index (χ2n) is 4.52. The number of aromatic nitrogens is 3. The largest absolute Gasteiger partial charge is 0.361 e. The predicted molar refractivity (Wildman–Crippen MR) is 74.0 cm³/mol. The molecule has 96 valence electrons. The van der Waals surface area contributed by atoms with Gasteiger partial charge in [0.1, 0.15) is 11.6 Å². The number of aryl methyl sites for hydroxylation is 1. The van der Waals surface area contributed by atoms with Gasteiger partial charge < -0.3 is 9.09 Å². The molecule has 0 aliphatic heterocycles. The molecule has 0 amide bonds. The Labute approximate surface area is 111 Å². The van der Waals surface area contributed by atoms with Crippen molar-refractivity contribution in [3.63, 3.8) is 0 Å². The zero-order chi connectivity index (χ0) is 13.2. The first kappa shape index (κ1) is 11.7. The third kappa shape index (κ3) is 2.17. The van der Waals surface area contributed by atoms with Crippen LogP contribution in [0.4, 0.5) is 0 Å². The third-order valence-electron chi connectivity index (χ3n) is 3.06. The number of imidazole rings is 1. The fourth-order valence-corrected chi connectivity index (χ4v) is 2.26. The Bertz CT molecular complexity index is 724. The normalized spacial score (nSPS) is 11.0. The molecule has 2 aromatic heterocycles. The van der Waals surface area contributed by atoms with Gasteiger partial charge in [-0.2, -0.15) is 0 Å². The minimum atomic E-state index is 0.667. The molecule has 0 aliphatic carbocycles. The zero-order valence-electron chi connectivity index (χ0n) is 10.8. The summed E-state index contributed by atoms with van der Waals surface area (Å²) in [4.78, 5) is 4.67. The number of hydrogen-bond donors (Lipinski definition) is 0. The fourth-order valence-electron chi connectivity index (χ4n) is 2.26. The van der Waals surface area contributed by atoms with E-state index in [-0.39, 0.29) is 0 Å². The Kier molecular flexibility index (Phi) is 2.91. The summed E-state index contributed by atoms with van der Waals surface area (Å²) < 4.78 is 7.26. The molecule has 1 aromatic carbocycles. The van der Waals surface area contributed by atoms with Gasteiger partial charge in [0.25, 0.3) is 0 Å². The second-order valence-corrected chi connectivity index (χ2v) is 4.52. The highest BCUT2D eigenvalue weighted by Gasteiger charge is 2.11. The zero-order valence-corrected chi connectivity index (χ0v) is 10.8. The van der Waals surface area contributed by atoms with Crippen LogP contribution in [0.5, 0.6) is 0 Å². The molecule has 3 aromatic rings. The number of benzene rings is 1. The van der Waals surface area contributed by atoms with E-state index in [1.165, 1.54) is 0 Å². The van der Waals surface area contributed by atoms with Gasteiger partial charge in [-0.05, 0) is 19.1 Å². The first-order chi connectivity index (χ1) is 9.28. The number of hydrogen-bond acceptors (Lipinski definition) is 3. The van der Waals surface area contributed by atoms with E-state index in [2.05, 4.69) is 27.4 Å². The molecule has 0 unspecified atom stereocenters. The van der Waals surface area contributed by atoms with Crippen LogP contribution in [0.15, 0.2) is 47.5 Å². The van der Waals surface area contributed by atoms with Gasteiger partial charge in [0.2, 0.25) is 0 Å². The van der Waals surface area contributed by atoms with Crippen LogP contribution in [-0.2, 0) is 13.0 Å². The molecule has 0 saturated carbocycles. The van der Waals surface area contributed by atoms with Crippen molar-refractivity contribution < 1.29 is 4.52 Å². The van der Waals surface area contributed by atoms with Gasteiger partial charge in [-0.1, -0.05) is 23.4 Å². The van der Waals surface area contributed by atoms with Gasteiger partial charge in [0.05, 0.1) is 23.1 Å². The van der Waals surface area contributed by atoms with Crippen molar-refractivity contribution in [2.75, 3.05) is 0 Å². The summed E-state index contributed by atoms with van der Waals surface area (Å²) in [5, 5.41) is 4.03. The molecule has 4 nitrogen and oxygen atoms in total. The molecule has 0 spiro atoms. The topological polar surface area (TPSA) is 43.9 Å². The van der Waals surface area contributed by atoms with Crippen molar-refractivity contribution in [3.05, 3.63) is 60.3 Å². The molecule has 0 radical (unpaired) electrons. The van der Waals surface area contributed by atoms with Gasteiger partial charge in [-0.25, -0.2) is 4.98 Å². The molecule has 19 heavy (non-hydrogen) atoms. The number of fused-ring (bicyclic) bond motifs is 1. The quantitative estimate of drug-likeness (QED) is 0.671. The molecular formula is C15H15N3O. The lowest BCUT2D eigenvalue weighted by Gasteiger charge is -2.04. The summed E-state index contributed by atoms with van der Waals surface area (Å²) in [6.45, 7) is 6.45. The van der Waals surface area contributed by atoms with Crippen LogP contribution in [0.25, 0.3) is 11.0 Å². The molecule has 0 saturated heterocycles. The van der Waals surface area contributed by atoms with Crippen molar-refractivity contribution in [2.24, 2.45) is 0 Å². The molecule has 0 fully saturated rings. The maximum Gasteiger partial charge on any atom is 0.133 e. The van der Waals surface area contributed by atoms with Crippen LogP contribution in [-0.4, -0.2) is 14.7 Å². The van der Waals surface area contributed by atoms with Gasteiger partial charge in [-0.3, -0.25) is 0 Å². The summed E-state index contributed by atoms with van der Waals surface area (Å²) in [7, 11) is 0. The SMILES string of the molecule is C=CCn1c(Cc2cc(C)on2)nc2ccccc21. The van der Waals surface area contributed by atoms with Crippen LogP contribution >= 0.6 is 0 Å². The van der Waals surface area contributed by atoms with Gasteiger partial charge in [0.15, 0.2) is 0 Å². The van der Waals surface area contributed by atoms with E-state index in [1.54, 1.807) is 0 Å². The minimum Gasteiger partial charge on any atom is -0.361 e. The van der Waals surface area contributed by atoms with Crippen LogP contribution < -0.4 is 0 Å². The highest BCUT2D eigenvalue weighted by atomic mass is 16.5. The maximum absolute atomic E-state index is 5.10. The lowest BCUT2D eigenvalue weighted by atomic mass is 10.3. The van der Waals surface area contributed by atoms with Crippen molar-refractivity contribution in [3.8, 4) is 0 Å². The van der Waals surface area contributed by atoms with Crippen LogP contribution in [0.2, 0.25) is 0 Å². The first-order valence-corrected chi connectivity index (χ1v) is 6.25. The van der Waals surface area contributed by atoms with E-state index in [4.69, 9.17) is 4.52 Å². The second kappa shape index (κ2) is 4.72. The van der Waals surface area contributed by atoms with E-state index in [1.807, 2.05) is 37.3 Å². The number of para-hydroxylation sites is 2. The van der Waals surface area contributed by atoms with Gasteiger partial charge >= 0.3 is 0 Å². The Morgan fingerprint density at radius 3 is 2.95 bits per heavy atom. The van der Waals surface area contributed by atoms with E-state index in [0.29, 0.717) is 6.42 Å². The number of rotatable bonds is 4. The average Bonchev–Trinajstić information content (AvgIpc) is 2.96. The van der Waals surface area contributed by atoms with E-state index < -0.39 is 0 Å². The van der Waals surface area contributed by atoms with Gasteiger partial charge in [-0.15, -0.1) is 6.58 Å². The Morgan fingerprint density at radius 1 is 1.37 bits per heavy atom. The first-order valence-electron chi connectivity index (χ1n) is 6.25. The summed E-state index contributed by atoms with van der Waals surface area (Å²) in [5.41, 5.74) is 3.02. The Morgan fingerprint density at radius 2 is 2.21 bits per heavy atom. The maximum atomic E-state index is 5.10. The van der Waals surface area contributed by atoms with Gasteiger partial charge in [0, 0.05) is 12.6 Å². The summed E-state index contributed by atoms with van der Waals surface area (Å²) in [6.07, 6.45) is 2.55. The van der Waals surface area contributed by atoms with Crippen LogP contribution in [0.3, 0.4) is 0 Å². The third-order valence-corrected chi connectivity index (χ3v) is 3.06. The molecule has 3 rings (SSSR count). The Hall–Kier alpha value is -2.36. The molecule has 2 heterocycles. The number of allylic oxidation sites excluding steroid dienone is 1. The lowest BCUT2D eigenvalue weighted by Crippen LogP contribution is -2.03. The van der Waals surface area contributed by atoms with E-state index in [0.717, 1.165) is 34.9 Å². The Balaban J connectivity index is 2.06. The van der Waals surface area contributed by atoms with E-state index >= 15 is 0 Å². The van der Waals surface area contributed by atoms with E-state index in [9.17, 15) is 0 Å². The molecule has 0 atom stereocenters. The van der Waals surface area contributed by atoms with Crippen LogP contribution in [0, 0.1) is 6.92 Å². The predicted octanol–water partition coefficient (Wildman–Crippen LogP) is 3.11. The lowest BCUT2D eigenvalue weighted by molar-refractivity contribution is 0.391. The minimum absolute atomic E-state index is 0.667. The van der Waals surface area contributed by atoms with Crippen LogP contribution in [0.1, 0.15) is 17.3 Å². The monoisotopic (exact) mass is 253 g/mol. The van der Waals surface area contributed by atoms with Crippen molar-refractivity contribution >= 4 is 11.0 Å². The number of nitrogens with zero attached hydrogens (tertiary/aromatic N) is 3. The molecular weight excluding hydrogens is 238 g/mol. The molecule has 0 bridgehead atoms. The summed E-state index contributed by atoms with van der Waals surface area (Å²) in [6, 6.07) is 10.1. The highest BCUT2D eigenvalue weighted by molar-refractivity contribution is 5.76. The highest BCUT2D eigenvalue weighted by Crippen LogP contribution is 2.18. The molecule has 0 N–H and O–H groups in total. The molecule has 0 aliphatic rings. The van der Waals surface area contributed by atoms with Crippen molar-refractivity contribution in [2.45, 2.75) is 19.9 Å². The summed E-state index contributed by atoms with van der Waals surface area (Å²) in [5.74, 6) is 1.80. The summed E-state index contributed by atoms with van der Waals surface area (Å²) >= 11 is 0. The fraction of sp³-hybridized carbons (Fsp3) is 0.200. The van der Waals surface area contributed by atoms with Crippen molar-refractivity contribution in [1.29, 1.82) is 0 Å². The average molecular weight is 253 g/mol.